The highest BCUT2D eigenvalue weighted by Gasteiger charge is 2.20. The Bertz CT molecular complexity index is 951. The van der Waals surface area contributed by atoms with E-state index in [1.165, 1.54) is 0 Å². The second kappa shape index (κ2) is 5.62. The first kappa shape index (κ1) is 15.4. The van der Waals surface area contributed by atoms with Gasteiger partial charge in [0.15, 0.2) is 0 Å². The predicted molar refractivity (Wildman–Crippen MR) is 91.6 cm³/mol. The monoisotopic (exact) mass is 330 g/mol. The molecule has 3 rings (SSSR count). The molecule has 0 unspecified atom stereocenters. The Kier molecular flexibility index (Phi) is 3.77. The molecule has 0 bridgehead atoms. The summed E-state index contributed by atoms with van der Waals surface area (Å²) in [6, 6.07) is 10.8. The zero-order valence-electron chi connectivity index (χ0n) is 13.2. The van der Waals surface area contributed by atoms with Gasteiger partial charge < -0.3 is 9.72 Å². The highest BCUT2D eigenvalue weighted by Crippen LogP contribution is 2.28. The number of H-pyrrole nitrogens is 1. The molecular formula is C17H18N2O3S. The van der Waals surface area contributed by atoms with E-state index in [0.29, 0.717) is 22.6 Å². The number of ether oxygens (including phenoxy) is 1. The van der Waals surface area contributed by atoms with Gasteiger partial charge in [-0.1, -0.05) is 6.07 Å². The average molecular weight is 330 g/mol. The summed E-state index contributed by atoms with van der Waals surface area (Å²) in [5.74, 6) is 0.645. The zero-order valence-corrected chi connectivity index (χ0v) is 14.0. The lowest BCUT2D eigenvalue weighted by molar-refractivity contribution is 0.413. The van der Waals surface area contributed by atoms with E-state index in [4.69, 9.17) is 4.74 Å². The van der Waals surface area contributed by atoms with Crippen LogP contribution in [0.4, 0.5) is 5.69 Å². The van der Waals surface area contributed by atoms with Gasteiger partial charge in [0, 0.05) is 11.7 Å². The quantitative estimate of drug-likeness (QED) is 0.768. The van der Waals surface area contributed by atoms with Gasteiger partial charge in [-0.3, -0.25) is 4.72 Å². The van der Waals surface area contributed by atoms with Gasteiger partial charge in [-0.25, -0.2) is 8.42 Å². The maximum absolute atomic E-state index is 12.8. The van der Waals surface area contributed by atoms with Gasteiger partial charge in [-0.05, 0) is 60.7 Å². The van der Waals surface area contributed by atoms with Gasteiger partial charge in [-0.15, -0.1) is 0 Å². The molecule has 0 spiro atoms. The fourth-order valence-corrected chi connectivity index (χ4v) is 4.27. The maximum atomic E-state index is 12.8. The summed E-state index contributed by atoms with van der Waals surface area (Å²) in [4.78, 5) is 3.35. The number of hydrogen-bond donors (Lipinski definition) is 2. The average Bonchev–Trinajstić information content (AvgIpc) is 2.93. The van der Waals surface area contributed by atoms with E-state index in [1.807, 2.05) is 18.3 Å². The fourth-order valence-electron chi connectivity index (χ4n) is 2.77. The minimum atomic E-state index is -3.67. The van der Waals surface area contributed by atoms with Crippen molar-refractivity contribution in [3.63, 3.8) is 0 Å². The van der Waals surface area contributed by atoms with Crippen LogP contribution in [0.25, 0.3) is 10.9 Å². The lowest BCUT2D eigenvalue weighted by Crippen LogP contribution is -2.15. The largest absolute Gasteiger partial charge is 0.497 e. The molecule has 1 aromatic heterocycles. The smallest absolute Gasteiger partial charge is 0.262 e. The SMILES string of the molecule is COc1cc(C)c(S(=O)(=O)Nc2ccc3cc[nH]c3c2)c(C)c1. The van der Waals surface area contributed by atoms with Crippen molar-refractivity contribution in [3.8, 4) is 5.75 Å². The molecule has 0 saturated heterocycles. The van der Waals surface area contributed by atoms with Crippen molar-refractivity contribution in [2.45, 2.75) is 18.7 Å². The summed E-state index contributed by atoms with van der Waals surface area (Å²) in [6.45, 7) is 3.52. The number of hydrogen-bond acceptors (Lipinski definition) is 3. The van der Waals surface area contributed by atoms with Crippen LogP contribution in [0.1, 0.15) is 11.1 Å². The van der Waals surface area contributed by atoms with E-state index in [-0.39, 0.29) is 4.90 Å². The highest BCUT2D eigenvalue weighted by molar-refractivity contribution is 7.92. The molecular weight excluding hydrogens is 312 g/mol. The molecule has 0 fully saturated rings. The van der Waals surface area contributed by atoms with E-state index in [9.17, 15) is 8.42 Å². The van der Waals surface area contributed by atoms with E-state index >= 15 is 0 Å². The minimum absolute atomic E-state index is 0.282. The number of methoxy groups -OCH3 is 1. The van der Waals surface area contributed by atoms with Crippen molar-refractivity contribution < 1.29 is 13.2 Å². The summed E-state index contributed by atoms with van der Waals surface area (Å²) in [5.41, 5.74) is 2.70. The van der Waals surface area contributed by atoms with Gasteiger partial charge in [0.2, 0.25) is 0 Å². The van der Waals surface area contributed by atoms with Crippen molar-refractivity contribution in [1.82, 2.24) is 4.98 Å². The van der Waals surface area contributed by atoms with Crippen LogP contribution in [0.15, 0.2) is 47.5 Å². The Morgan fingerprint density at radius 3 is 2.39 bits per heavy atom. The molecule has 2 N–H and O–H groups in total. The first-order chi connectivity index (χ1) is 10.9. The summed E-state index contributed by atoms with van der Waals surface area (Å²) in [5, 5.41) is 1.03. The summed E-state index contributed by atoms with van der Waals surface area (Å²) < 4.78 is 33.3. The number of nitrogens with one attached hydrogen (secondary N) is 2. The number of aryl methyl sites for hydroxylation is 2. The molecule has 0 amide bonds. The molecule has 0 aliphatic heterocycles. The summed E-state index contributed by atoms with van der Waals surface area (Å²) in [6.07, 6.45) is 1.82. The number of aromatic amines is 1. The molecule has 0 aliphatic rings. The standard InChI is InChI=1S/C17H18N2O3S/c1-11-8-15(22-3)9-12(2)17(11)23(20,21)19-14-5-4-13-6-7-18-16(13)10-14/h4-10,18-19H,1-3H3. The maximum Gasteiger partial charge on any atom is 0.262 e. The predicted octanol–water partition coefficient (Wildman–Crippen LogP) is 3.59. The normalized spacial score (nSPS) is 11.6. The van der Waals surface area contributed by atoms with Crippen LogP contribution < -0.4 is 9.46 Å². The van der Waals surface area contributed by atoms with Crippen LogP contribution in [0.3, 0.4) is 0 Å². The Balaban J connectivity index is 2.01. The van der Waals surface area contributed by atoms with E-state index in [1.54, 1.807) is 45.2 Å². The molecule has 0 radical (unpaired) electrons. The van der Waals surface area contributed by atoms with Crippen LogP contribution in [0.5, 0.6) is 5.75 Å². The molecule has 120 valence electrons. The molecule has 0 atom stereocenters. The lowest BCUT2D eigenvalue weighted by Gasteiger charge is -2.14. The molecule has 3 aromatic rings. The number of benzene rings is 2. The van der Waals surface area contributed by atoms with Crippen LogP contribution in [-0.2, 0) is 10.0 Å². The van der Waals surface area contributed by atoms with E-state index < -0.39 is 10.0 Å². The summed E-state index contributed by atoms with van der Waals surface area (Å²) in [7, 11) is -2.11. The molecule has 2 aromatic carbocycles. The number of anilines is 1. The first-order valence-corrected chi connectivity index (χ1v) is 8.64. The van der Waals surface area contributed by atoms with Gasteiger partial charge in [0.1, 0.15) is 5.75 Å². The van der Waals surface area contributed by atoms with Crippen LogP contribution in [0, 0.1) is 13.8 Å². The first-order valence-electron chi connectivity index (χ1n) is 7.16. The van der Waals surface area contributed by atoms with Gasteiger partial charge >= 0.3 is 0 Å². The second-order valence-corrected chi connectivity index (χ2v) is 7.09. The third-order valence-corrected chi connectivity index (χ3v) is 5.43. The van der Waals surface area contributed by atoms with Crippen LogP contribution in [0.2, 0.25) is 0 Å². The van der Waals surface area contributed by atoms with E-state index in [0.717, 1.165) is 10.9 Å². The van der Waals surface area contributed by atoms with E-state index in [2.05, 4.69) is 9.71 Å². The van der Waals surface area contributed by atoms with Gasteiger partial charge in [0.25, 0.3) is 10.0 Å². The van der Waals surface area contributed by atoms with Crippen molar-refractivity contribution in [2.75, 3.05) is 11.8 Å². The topological polar surface area (TPSA) is 71.2 Å². The van der Waals surface area contributed by atoms with Crippen LogP contribution in [-0.4, -0.2) is 20.5 Å². The van der Waals surface area contributed by atoms with Crippen molar-refractivity contribution in [1.29, 1.82) is 0 Å². The van der Waals surface area contributed by atoms with Gasteiger partial charge in [0.05, 0.1) is 17.7 Å². The Morgan fingerprint density at radius 2 is 1.74 bits per heavy atom. The molecule has 1 heterocycles. The number of aromatic nitrogens is 1. The highest BCUT2D eigenvalue weighted by atomic mass is 32.2. The minimum Gasteiger partial charge on any atom is -0.497 e. The lowest BCUT2D eigenvalue weighted by atomic mass is 10.1. The zero-order chi connectivity index (χ0) is 16.6. The third kappa shape index (κ3) is 2.90. The third-order valence-electron chi connectivity index (χ3n) is 3.75. The number of rotatable bonds is 4. The number of fused-ring (bicyclic) bond motifs is 1. The molecule has 6 heteroatoms. The van der Waals surface area contributed by atoms with Crippen molar-refractivity contribution >= 4 is 26.6 Å². The Morgan fingerprint density at radius 1 is 1.04 bits per heavy atom. The molecule has 0 saturated carbocycles. The molecule has 5 nitrogen and oxygen atoms in total. The van der Waals surface area contributed by atoms with Gasteiger partial charge in [-0.2, -0.15) is 0 Å². The fraction of sp³-hybridized carbons (Fsp3) is 0.176. The Hall–Kier alpha value is -2.47. The van der Waals surface area contributed by atoms with Crippen molar-refractivity contribution in [3.05, 3.63) is 53.7 Å². The van der Waals surface area contributed by atoms with Crippen molar-refractivity contribution in [2.24, 2.45) is 0 Å². The van der Waals surface area contributed by atoms with Crippen LogP contribution >= 0.6 is 0 Å². The second-order valence-electron chi connectivity index (χ2n) is 5.48. The Labute approximate surface area is 135 Å². The molecule has 23 heavy (non-hydrogen) atoms. The number of sulfonamides is 1. The molecule has 0 aliphatic carbocycles. The summed E-state index contributed by atoms with van der Waals surface area (Å²) >= 11 is 0.